The molecule has 0 bridgehead atoms. The zero-order chi connectivity index (χ0) is 18.4. The first kappa shape index (κ1) is 18.6. The van der Waals surface area contributed by atoms with Crippen LogP contribution in [0, 0.1) is 0 Å². The Morgan fingerprint density at radius 3 is 2.40 bits per heavy atom. The Morgan fingerprint density at radius 2 is 1.88 bits per heavy atom. The van der Waals surface area contributed by atoms with E-state index in [9.17, 15) is 13.2 Å². The van der Waals surface area contributed by atoms with Crippen LogP contribution in [0.1, 0.15) is 10.4 Å². The Hall–Kier alpha value is -2.71. The van der Waals surface area contributed by atoms with E-state index < -0.39 is 10.0 Å². The van der Waals surface area contributed by atoms with Crippen molar-refractivity contribution in [1.82, 2.24) is 9.29 Å². The van der Waals surface area contributed by atoms with Gasteiger partial charge < -0.3 is 10.6 Å². The number of nitrogens with zero attached hydrogens (tertiary/aromatic N) is 2. The lowest BCUT2D eigenvalue weighted by Gasteiger charge is -2.11. The summed E-state index contributed by atoms with van der Waals surface area (Å²) in [6.07, 6.45) is 3.34. The fourth-order valence-corrected chi connectivity index (χ4v) is 2.84. The largest absolute Gasteiger partial charge is 0.380 e. The van der Waals surface area contributed by atoms with E-state index in [2.05, 4.69) is 22.2 Å². The molecule has 132 valence electrons. The van der Waals surface area contributed by atoms with Crippen molar-refractivity contribution in [3.8, 4) is 0 Å². The van der Waals surface area contributed by atoms with Crippen LogP contribution in [-0.2, 0) is 10.0 Å². The lowest BCUT2D eigenvalue weighted by atomic mass is 10.2. The minimum atomic E-state index is -3.52. The van der Waals surface area contributed by atoms with Crippen molar-refractivity contribution in [1.29, 1.82) is 0 Å². The van der Waals surface area contributed by atoms with Gasteiger partial charge in [0.2, 0.25) is 10.0 Å². The van der Waals surface area contributed by atoms with Gasteiger partial charge in [-0.05, 0) is 36.4 Å². The molecule has 7 nitrogen and oxygen atoms in total. The summed E-state index contributed by atoms with van der Waals surface area (Å²) in [5, 5.41) is 5.75. The highest BCUT2D eigenvalue weighted by atomic mass is 32.2. The molecule has 8 heteroatoms. The first-order valence-corrected chi connectivity index (χ1v) is 8.93. The number of carbonyl (C=O) groups is 1. The summed E-state index contributed by atoms with van der Waals surface area (Å²) in [6.45, 7) is 4.24. The van der Waals surface area contributed by atoms with Crippen molar-refractivity contribution in [3.05, 3.63) is 60.8 Å². The minimum absolute atomic E-state index is 0.129. The van der Waals surface area contributed by atoms with E-state index in [1.807, 2.05) is 0 Å². The summed E-state index contributed by atoms with van der Waals surface area (Å²) >= 11 is 0. The van der Waals surface area contributed by atoms with Crippen molar-refractivity contribution < 1.29 is 13.2 Å². The van der Waals surface area contributed by atoms with Gasteiger partial charge in [0.1, 0.15) is 5.82 Å². The standard InChI is InChI=1S/C17H20N4O3S/c1-4-11-18-14-7-10-16(19-12-14)20-17(22)13-5-8-15(9-6-13)25(23,24)21(2)3/h4-10,12,18H,1,11H2,2-3H3,(H,19,20,22). The van der Waals surface area contributed by atoms with Gasteiger partial charge in [-0.1, -0.05) is 6.08 Å². The van der Waals surface area contributed by atoms with Gasteiger partial charge in [0.25, 0.3) is 5.91 Å². The molecule has 2 N–H and O–H groups in total. The van der Waals surface area contributed by atoms with Crippen LogP contribution >= 0.6 is 0 Å². The van der Waals surface area contributed by atoms with Gasteiger partial charge in [-0.25, -0.2) is 17.7 Å². The Balaban J connectivity index is 2.07. The van der Waals surface area contributed by atoms with Crippen LogP contribution in [-0.4, -0.2) is 44.3 Å². The van der Waals surface area contributed by atoms with Crippen LogP contribution in [0.2, 0.25) is 0 Å². The highest BCUT2D eigenvalue weighted by Crippen LogP contribution is 2.15. The number of sulfonamides is 1. The maximum Gasteiger partial charge on any atom is 0.256 e. The van der Waals surface area contributed by atoms with Gasteiger partial charge in [-0.15, -0.1) is 6.58 Å². The second-order valence-corrected chi connectivity index (χ2v) is 7.52. The van der Waals surface area contributed by atoms with Crippen LogP contribution in [0.25, 0.3) is 0 Å². The predicted octanol–water partition coefficient (Wildman–Crippen LogP) is 2.18. The fourth-order valence-electron chi connectivity index (χ4n) is 1.94. The van der Waals surface area contributed by atoms with Crippen molar-refractivity contribution in [2.45, 2.75) is 4.90 Å². The predicted molar refractivity (Wildman–Crippen MR) is 98.2 cm³/mol. The number of hydrogen-bond donors (Lipinski definition) is 2. The van der Waals surface area contributed by atoms with E-state index >= 15 is 0 Å². The fraction of sp³-hybridized carbons (Fsp3) is 0.176. The molecule has 1 heterocycles. The molecule has 25 heavy (non-hydrogen) atoms. The number of pyridine rings is 1. The maximum atomic E-state index is 12.2. The summed E-state index contributed by atoms with van der Waals surface area (Å²) < 4.78 is 25.1. The quantitative estimate of drug-likeness (QED) is 0.739. The highest BCUT2D eigenvalue weighted by Gasteiger charge is 2.17. The topological polar surface area (TPSA) is 91.4 Å². The first-order chi connectivity index (χ1) is 11.8. The number of aromatic nitrogens is 1. The highest BCUT2D eigenvalue weighted by molar-refractivity contribution is 7.89. The Morgan fingerprint density at radius 1 is 1.20 bits per heavy atom. The molecular formula is C17H20N4O3S. The second-order valence-electron chi connectivity index (χ2n) is 5.37. The van der Waals surface area contributed by atoms with Gasteiger partial charge in [0.15, 0.2) is 0 Å². The van der Waals surface area contributed by atoms with Gasteiger partial charge in [0.05, 0.1) is 16.8 Å². The summed E-state index contributed by atoms with van der Waals surface area (Å²) in [5.74, 6) is 0.0345. The molecule has 0 atom stereocenters. The molecule has 0 aliphatic rings. The number of rotatable bonds is 7. The summed E-state index contributed by atoms with van der Waals surface area (Å²) in [4.78, 5) is 16.5. The Bertz CT molecular complexity index is 844. The van der Waals surface area contributed by atoms with Gasteiger partial charge in [0, 0.05) is 26.2 Å². The van der Waals surface area contributed by atoms with Crippen LogP contribution in [0.4, 0.5) is 11.5 Å². The minimum Gasteiger partial charge on any atom is -0.380 e. The molecule has 0 spiro atoms. The molecule has 0 unspecified atom stereocenters. The number of carbonyl (C=O) groups excluding carboxylic acids is 1. The molecule has 0 fully saturated rings. The van der Waals surface area contributed by atoms with E-state index in [1.54, 1.807) is 24.4 Å². The molecule has 0 aliphatic carbocycles. The van der Waals surface area contributed by atoms with E-state index in [-0.39, 0.29) is 10.8 Å². The van der Waals surface area contributed by atoms with E-state index in [0.29, 0.717) is 17.9 Å². The average Bonchev–Trinajstić information content (AvgIpc) is 2.61. The van der Waals surface area contributed by atoms with Crippen molar-refractivity contribution in [2.75, 3.05) is 31.3 Å². The van der Waals surface area contributed by atoms with E-state index in [4.69, 9.17) is 0 Å². The summed E-state index contributed by atoms with van der Waals surface area (Å²) in [6, 6.07) is 9.20. The molecular weight excluding hydrogens is 340 g/mol. The van der Waals surface area contributed by atoms with Crippen molar-refractivity contribution in [3.63, 3.8) is 0 Å². The smallest absolute Gasteiger partial charge is 0.256 e. The monoisotopic (exact) mass is 360 g/mol. The molecule has 2 rings (SSSR count). The average molecular weight is 360 g/mol. The molecule has 0 radical (unpaired) electrons. The molecule has 1 amide bonds. The second kappa shape index (κ2) is 7.91. The molecule has 2 aromatic rings. The zero-order valence-corrected chi connectivity index (χ0v) is 14.9. The zero-order valence-electron chi connectivity index (χ0n) is 14.1. The lowest BCUT2D eigenvalue weighted by Crippen LogP contribution is -2.22. The molecule has 1 aromatic carbocycles. The number of amides is 1. The van der Waals surface area contributed by atoms with Crippen LogP contribution in [0.5, 0.6) is 0 Å². The molecule has 0 saturated carbocycles. The maximum absolute atomic E-state index is 12.2. The summed E-state index contributed by atoms with van der Waals surface area (Å²) in [7, 11) is -0.608. The van der Waals surface area contributed by atoms with E-state index in [1.165, 1.54) is 38.4 Å². The number of hydrogen-bond acceptors (Lipinski definition) is 5. The third-order valence-corrected chi connectivity index (χ3v) is 5.18. The number of anilines is 2. The Kier molecular flexibility index (Phi) is 5.89. The van der Waals surface area contributed by atoms with Crippen LogP contribution in [0.15, 0.2) is 60.1 Å². The van der Waals surface area contributed by atoms with Gasteiger partial charge >= 0.3 is 0 Å². The number of benzene rings is 1. The van der Waals surface area contributed by atoms with Crippen molar-refractivity contribution in [2.24, 2.45) is 0 Å². The number of nitrogens with one attached hydrogen (secondary N) is 2. The normalized spacial score (nSPS) is 11.2. The third-order valence-electron chi connectivity index (χ3n) is 3.35. The summed E-state index contributed by atoms with van der Waals surface area (Å²) in [5.41, 5.74) is 1.16. The third kappa shape index (κ3) is 4.65. The Labute approximate surface area is 147 Å². The lowest BCUT2D eigenvalue weighted by molar-refractivity contribution is 0.102. The first-order valence-electron chi connectivity index (χ1n) is 7.49. The van der Waals surface area contributed by atoms with Crippen molar-refractivity contribution >= 4 is 27.4 Å². The van der Waals surface area contributed by atoms with Crippen LogP contribution in [0.3, 0.4) is 0 Å². The SMILES string of the molecule is C=CCNc1ccc(NC(=O)c2ccc(S(=O)(=O)N(C)C)cc2)nc1. The van der Waals surface area contributed by atoms with E-state index in [0.717, 1.165) is 9.99 Å². The van der Waals surface area contributed by atoms with Gasteiger partial charge in [-0.2, -0.15) is 0 Å². The van der Waals surface area contributed by atoms with Crippen LogP contribution < -0.4 is 10.6 Å². The van der Waals surface area contributed by atoms with Gasteiger partial charge in [-0.3, -0.25) is 4.79 Å². The molecule has 0 saturated heterocycles. The molecule has 0 aliphatic heterocycles. The molecule has 1 aromatic heterocycles.